The van der Waals surface area contributed by atoms with Crippen molar-refractivity contribution in [2.24, 2.45) is 5.92 Å². The first kappa shape index (κ1) is 11.2. The van der Waals surface area contributed by atoms with Gasteiger partial charge in [-0.2, -0.15) is 5.26 Å². The van der Waals surface area contributed by atoms with Crippen molar-refractivity contribution in [2.45, 2.75) is 31.7 Å². The van der Waals surface area contributed by atoms with Gasteiger partial charge in [0.15, 0.2) is 0 Å². The minimum atomic E-state index is -0.0145. The van der Waals surface area contributed by atoms with Gasteiger partial charge < -0.3 is 5.32 Å². The Balaban J connectivity index is 1.86. The van der Waals surface area contributed by atoms with Crippen molar-refractivity contribution in [1.29, 1.82) is 5.26 Å². The van der Waals surface area contributed by atoms with Gasteiger partial charge in [0.05, 0.1) is 12.0 Å². The number of benzene rings is 1. The van der Waals surface area contributed by atoms with E-state index in [4.69, 9.17) is 5.26 Å². The van der Waals surface area contributed by atoms with Gasteiger partial charge in [-0.25, -0.2) is 0 Å². The summed E-state index contributed by atoms with van der Waals surface area (Å²) in [7, 11) is 0. The van der Waals surface area contributed by atoms with E-state index < -0.39 is 0 Å². The predicted octanol–water partition coefficient (Wildman–Crippen LogP) is 2.68. The van der Waals surface area contributed by atoms with Crippen LogP contribution in [-0.2, 0) is 0 Å². The van der Waals surface area contributed by atoms with E-state index in [0.717, 1.165) is 18.0 Å². The second-order valence-electron chi connectivity index (χ2n) is 4.51. The number of nitrogens with zero attached hydrogens (tertiary/aromatic N) is 1. The van der Waals surface area contributed by atoms with Crippen LogP contribution in [0.2, 0.25) is 0 Å². The highest BCUT2D eigenvalue weighted by molar-refractivity contribution is 5.25. The first-order chi connectivity index (χ1) is 7.85. The van der Waals surface area contributed by atoms with Gasteiger partial charge in [0.2, 0.25) is 0 Å². The van der Waals surface area contributed by atoms with E-state index in [-0.39, 0.29) is 5.92 Å². The molecule has 2 nitrogen and oxygen atoms in total. The minimum Gasteiger partial charge on any atom is -0.312 e. The van der Waals surface area contributed by atoms with Gasteiger partial charge in [0.25, 0.3) is 0 Å². The van der Waals surface area contributed by atoms with Crippen molar-refractivity contribution in [3.8, 4) is 6.07 Å². The first-order valence-corrected chi connectivity index (χ1v) is 6.03. The monoisotopic (exact) mass is 214 g/mol. The molecule has 0 bridgehead atoms. The van der Waals surface area contributed by atoms with E-state index in [1.165, 1.54) is 12.8 Å². The van der Waals surface area contributed by atoms with Crippen LogP contribution in [-0.4, -0.2) is 12.6 Å². The second kappa shape index (κ2) is 5.14. The van der Waals surface area contributed by atoms with Crippen LogP contribution in [0.4, 0.5) is 0 Å². The molecule has 2 heteroatoms. The van der Waals surface area contributed by atoms with Crippen molar-refractivity contribution < 1.29 is 0 Å². The minimum absolute atomic E-state index is 0.0145. The molecular weight excluding hydrogens is 196 g/mol. The third-order valence-electron chi connectivity index (χ3n) is 3.39. The average Bonchev–Trinajstić information content (AvgIpc) is 3.10. The van der Waals surface area contributed by atoms with E-state index in [2.05, 4.69) is 18.3 Å². The first-order valence-electron chi connectivity index (χ1n) is 6.03. The van der Waals surface area contributed by atoms with Gasteiger partial charge in [0.1, 0.15) is 0 Å². The number of nitriles is 1. The van der Waals surface area contributed by atoms with Crippen LogP contribution in [0.25, 0.3) is 0 Å². The molecule has 84 valence electrons. The molecule has 16 heavy (non-hydrogen) atoms. The van der Waals surface area contributed by atoms with Crippen LogP contribution in [0.1, 0.15) is 31.2 Å². The zero-order valence-corrected chi connectivity index (χ0v) is 9.69. The van der Waals surface area contributed by atoms with Crippen LogP contribution in [0.5, 0.6) is 0 Å². The Morgan fingerprint density at radius 2 is 2.19 bits per heavy atom. The maximum Gasteiger partial charge on any atom is 0.0837 e. The summed E-state index contributed by atoms with van der Waals surface area (Å²) >= 11 is 0. The largest absolute Gasteiger partial charge is 0.312 e. The van der Waals surface area contributed by atoms with E-state index >= 15 is 0 Å². The third-order valence-corrected chi connectivity index (χ3v) is 3.39. The van der Waals surface area contributed by atoms with Gasteiger partial charge >= 0.3 is 0 Å². The zero-order valence-electron chi connectivity index (χ0n) is 9.69. The number of rotatable bonds is 5. The topological polar surface area (TPSA) is 35.8 Å². The van der Waals surface area contributed by atoms with Crippen molar-refractivity contribution in [3.63, 3.8) is 0 Å². The lowest BCUT2D eigenvalue weighted by atomic mass is 10.0. The molecule has 0 amide bonds. The fraction of sp³-hybridized carbons (Fsp3) is 0.500. The quantitative estimate of drug-likeness (QED) is 0.818. The lowest BCUT2D eigenvalue weighted by Crippen LogP contribution is -2.24. The van der Waals surface area contributed by atoms with Crippen LogP contribution >= 0.6 is 0 Å². The molecule has 0 heterocycles. The molecule has 1 N–H and O–H groups in total. The Morgan fingerprint density at radius 1 is 1.44 bits per heavy atom. The molecule has 2 rings (SSSR count). The molecule has 3 atom stereocenters. The summed E-state index contributed by atoms with van der Waals surface area (Å²) < 4.78 is 0. The highest BCUT2D eigenvalue weighted by atomic mass is 15.0. The molecular formula is C14H18N2. The third kappa shape index (κ3) is 2.62. The number of nitrogens with one attached hydrogen (secondary N) is 1. The van der Waals surface area contributed by atoms with E-state index in [1.54, 1.807) is 0 Å². The summed E-state index contributed by atoms with van der Waals surface area (Å²) in [5.74, 6) is 0.828. The molecule has 0 radical (unpaired) electrons. The molecule has 3 unspecified atom stereocenters. The van der Waals surface area contributed by atoms with E-state index in [9.17, 15) is 0 Å². The molecule has 1 aromatic carbocycles. The van der Waals surface area contributed by atoms with Crippen molar-refractivity contribution >= 4 is 0 Å². The van der Waals surface area contributed by atoms with E-state index in [0.29, 0.717) is 6.04 Å². The van der Waals surface area contributed by atoms with Crippen LogP contribution in [0, 0.1) is 17.2 Å². The van der Waals surface area contributed by atoms with Crippen LogP contribution in [0.15, 0.2) is 30.3 Å². The summed E-state index contributed by atoms with van der Waals surface area (Å²) in [5, 5.41) is 12.6. The summed E-state index contributed by atoms with van der Waals surface area (Å²) in [6, 6.07) is 13.1. The smallest absolute Gasteiger partial charge is 0.0837 e. The summed E-state index contributed by atoms with van der Waals surface area (Å²) in [6.45, 7) is 3.01. The van der Waals surface area contributed by atoms with Gasteiger partial charge in [-0.05, 0) is 17.9 Å². The van der Waals surface area contributed by atoms with Gasteiger partial charge in [-0.3, -0.25) is 0 Å². The molecule has 1 aliphatic rings. The lowest BCUT2D eigenvalue weighted by molar-refractivity contribution is 0.602. The Morgan fingerprint density at radius 3 is 2.75 bits per heavy atom. The number of hydrogen-bond acceptors (Lipinski definition) is 2. The number of hydrogen-bond donors (Lipinski definition) is 1. The van der Waals surface area contributed by atoms with Gasteiger partial charge in [0, 0.05) is 12.6 Å². The molecule has 0 spiro atoms. The molecule has 1 aromatic rings. The standard InChI is InChI=1S/C14H18N2/c1-2-11-8-14(11)16-10-13(9-15)12-6-4-3-5-7-12/h3-7,11,13-14,16H,2,8,10H2,1H3. The molecule has 1 saturated carbocycles. The van der Waals surface area contributed by atoms with Crippen LogP contribution < -0.4 is 5.32 Å². The van der Waals surface area contributed by atoms with Crippen molar-refractivity contribution in [3.05, 3.63) is 35.9 Å². The molecule has 0 aromatic heterocycles. The molecule has 0 saturated heterocycles. The van der Waals surface area contributed by atoms with Gasteiger partial charge in [-0.1, -0.05) is 43.7 Å². The molecule has 0 aliphatic heterocycles. The maximum absolute atomic E-state index is 9.15. The van der Waals surface area contributed by atoms with Crippen LogP contribution in [0.3, 0.4) is 0 Å². The van der Waals surface area contributed by atoms with Gasteiger partial charge in [-0.15, -0.1) is 0 Å². The van der Waals surface area contributed by atoms with Crippen molar-refractivity contribution in [1.82, 2.24) is 5.32 Å². The molecule has 1 fully saturated rings. The summed E-state index contributed by atoms with van der Waals surface area (Å²) in [6.07, 6.45) is 2.53. The SMILES string of the molecule is CCC1CC1NCC(C#N)c1ccccc1. The molecule has 1 aliphatic carbocycles. The van der Waals surface area contributed by atoms with Crippen molar-refractivity contribution in [2.75, 3.05) is 6.54 Å². The average molecular weight is 214 g/mol. The highest BCUT2D eigenvalue weighted by Gasteiger charge is 2.34. The highest BCUT2D eigenvalue weighted by Crippen LogP contribution is 2.33. The summed E-state index contributed by atoms with van der Waals surface area (Å²) in [5.41, 5.74) is 1.12. The predicted molar refractivity (Wildman–Crippen MR) is 65.0 cm³/mol. The zero-order chi connectivity index (χ0) is 11.4. The van der Waals surface area contributed by atoms with E-state index in [1.807, 2.05) is 30.3 Å². The Kier molecular flexibility index (Phi) is 3.58. The maximum atomic E-state index is 9.15. The Labute approximate surface area is 97.3 Å². The summed E-state index contributed by atoms with van der Waals surface area (Å²) in [4.78, 5) is 0. The normalized spacial score (nSPS) is 24.8. The lowest BCUT2D eigenvalue weighted by Gasteiger charge is -2.10. The second-order valence-corrected chi connectivity index (χ2v) is 4.51. The Hall–Kier alpha value is -1.33. The fourth-order valence-corrected chi connectivity index (χ4v) is 2.14. The fourth-order valence-electron chi connectivity index (χ4n) is 2.14. The Bertz CT molecular complexity index is 366.